The van der Waals surface area contributed by atoms with Gasteiger partial charge in [-0.3, -0.25) is 4.79 Å². The summed E-state index contributed by atoms with van der Waals surface area (Å²) in [4.78, 5) is 14.1. The summed E-state index contributed by atoms with van der Waals surface area (Å²) in [5.74, 6) is 1.52. The normalized spacial score (nSPS) is 23.2. The number of carbonyl (C=O) groups is 1. The number of carbonyl (C=O) groups excluding carboxylic acids is 1. The van der Waals surface area contributed by atoms with Crippen LogP contribution < -0.4 is 4.74 Å². The predicted molar refractivity (Wildman–Crippen MR) is 77.1 cm³/mol. The Hall–Kier alpha value is -1.03. The number of nitrogens with zero attached hydrogens (tertiary/aromatic N) is 1. The summed E-state index contributed by atoms with van der Waals surface area (Å²) < 4.78 is 6.98. The predicted octanol–water partition coefficient (Wildman–Crippen LogP) is 3.23. The van der Waals surface area contributed by atoms with E-state index in [4.69, 9.17) is 4.74 Å². The highest BCUT2D eigenvalue weighted by Crippen LogP contribution is 2.30. The fourth-order valence-corrected chi connectivity index (χ4v) is 2.91. The Kier molecular flexibility index (Phi) is 3.78. The van der Waals surface area contributed by atoms with Crippen molar-refractivity contribution in [1.82, 2.24) is 4.90 Å². The fourth-order valence-electron chi connectivity index (χ4n) is 2.64. The van der Waals surface area contributed by atoms with E-state index in [1.54, 1.807) is 0 Å². The van der Waals surface area contributed by atoms with Crippen LogP contribution in [0.1, 0.15) is 25.7 Å². The van der Waals surface area contributed by atoms with E-state index in [1.165, 1.54) is 6.42 Å². The number of benzene rings is 1. The van der Waals surface area contributed by atoms with Gasteiger partial charge in [0.15, 0.2) is 0 Å². The van der Waals surface area contributed by atoms with Gasteiger partial charge >= 0.3 is 0 Å². The number of halogens is 1. The molecule has 0 aromatic heterocycles. The average molecular weight is 324 g/mol. The Morgan fingerprint density at radius 1 is 1.21 bits per heavy atom. The molecule has 1 saturated carbocycles. The van der Waals surface area contributed by atoms with Crippen molar-refractivity contribution in [3.63, 3.8) is 0 Å². The number of hydrogen-bond acceptors (Lipinski definition) is 2. The molecule has 0 radical (unpaired) electrons. The molecule has 1 heterocycles. The molecule has 4 heteroatoms. The van der Waals surface area contributed by atoms with Gasteiger partial charge < -0.3 is 9.64 Å². The van der Waals surface area contributed by atoms with Crippen molar-refractivity contribution < 1.29 is 9.53 Å². The minimum atomic E-state index is 0.144. The van der Waals surface area contributed by atoms with Crippen LogP contribution in [-0.2, 0) is 4.79 Å². The van der Waals surface area contributed by atoms with Crippen LogP contribution in [0.5, 0.6) is 5.75 Å². The summed E-state index contributed by atoms with van der Waals surface area (Å²) in [6.45, 7) is 1.59. The molecular weight excluding hydrogens is 306 g/mol. The van der Waals surface area contributed by atoms with Crippen molar-refractivity contribution in [1.29, 1.82) is 0 Å². The van der Waals surface area contributed by atoms with Crippen LogP contribution >= 0.6 is 15.9 Å². The van der Waals surface area contributed by atoms with Gasteiger partial charge in [-0.2, -0.15) is 0 Å². The molecule has 3 rings (SSSR count). The maximum atomic E-state index is 12.1. The zero-order valence-electron chi connectivity index (χ0n) is 10.8. The molecule has 1 aliphatic heterocycles. The standard InChI is InChI=1S/C15H18BrNO2/c16-12-4-6-13(7-5-12)19-14-8-9-17(10-14)15(18)11-2-1-3-11/h4-7,11,14H,1-3,8-10H2. The summed E-state index contributed by atoms with van der Waals surface area (Å²) in [5.41, 5.74) is 0. The molecular formula is C15H18BrNO2. The smallest absolute Gasteiger partial charge is 0.225 e. The molecule has 102 valence electrons. The molecule has 3 nitrogen and oxygen atoms in total. The number of rotatable bonds is 3. The Labute approximate surface area is 122 Å². The van der Waals surface area contributed by atoms with Crippen LogP contribution in [0, 0.1) is 5.92 Å². The number of ether oxygens (including phenoxy) is 1. The minimum absolute atomic E-state index is 0.144. The highest BCUT2D eigenvalue weighted by Gasteiger charge is 2.34. The molecule has 1 aromatic rings. The molecule has 1 amide bonds. The molecule has 0 bridgehead atoms. The third-order valence-corrected chi connectivity index (χ3v) is 4.56. The lowest BCUT2D eigenvalue weighted by atomic mass is 9.84. The quantitative estimate of drug-likeness (QED) is 0.854. The van der Waals surface area contributed by atoms with Gasteiger partial charge in [0.05, 0.1) is 6.54 Å². The van der Waals surface area contributed by atoms with Gasteiger partial charge in [-0.1, -0.05) is 22.4 Å². The first-order valence-electron chi connectivity index (χ1n) is 6.93. The second-order valence-corrected chi connectivity index (χ2v) is 6.31. The molecule has 2 aliphatic rings. The van der Waals surface area contributed by atoms with Gasteiger partial charge in [0, 0.05) is 23.4 Å². The van der Waals surface area contributed by atoms with Gasteiger partial charge in [0.25, 0.3) is 0 Å². The van der Waals surface area contributed by atoms with E-state index in [1.807, 2.05) is 29.2 Å². The first kappa shape index (κ1) is 13.0. The lowest BCUT2D eigenvalue weighted by molar-refractivity contribution is -0.137. The maximum absolute atomic E-state index is 12.1. The first-order valence-corrected chi connectivity index (χ1v) is 7.73. The van der Waals surface area contributed by atoms with Crippen LogP contribution in [0.25, 0.3) is 0 Å². The molecule has 2 fully saturated rings. The van der Waals surface area contributed by atoms with Crippen molar-refractivity contribution in [2.45, 2.75) is 31.8 Å². The zero-order valence-corrected chi connectivity index (χ0v) is 12.4. The van der Waals surface area contributed by atoms with Crippen LogP contribution in [-0.4, -0.2) is 30.0 Å². The Morgan fingerprint density at radius 2 is 1.95 bits per heavy atom. The summed E-state index contributed by atoms with van der Waals surface area (Å²) in [7, 11) is 0. The van der Waals surface area contributed by atoms with Crippen LogP contribution in [0.3, 0.4) is 0 Å². The third-order valence-electron chi connectivity index (χ3n) is 4.03. The highest BCUT2D eigenvalue weighted by atomic mass is 79.9. The van der Waals surface area contributed by atoms with Crippen LogP contribution in [0.15, 0.2) is 28.7 Å². The highest BCUT2D eigenvalue weighted by molar-refractivity contribution is 9.10. The molecule has 0 spiro atoms. The minimum Gasteiger partial charge on any atom is -0.489 e. The molecule has 1 unspecified atom stereocenters. The zero-order chi connectivity index (χ0) is 13.2. The third kappa shape index (κ3) is 2.94. The molecule has 1 atom stereocenters. The molecule has 0 N–H and O–H groups in total. The number of amides is 1. The van der Waals surface area contributed by atoms with Gasteiger partial charge in [-0.15, -0.1) is 0 Å². The summed E-state index contributed by atoms with van der Waals surface area (Å²) in [6, 6.07) is 7.87. The molecule has 1 saturated heterocycles. The SMILES string of the molecule is O=C(C1CCC1)N1CCC(Oc2ccc(Br)cc2)C1. The number of hydrogen-bond donors (Lipinski definition) is 0. The molecule has 19 heavy (non-hydrogen) atoms. The number of likely N-dealkylation sites (tertiary alicyclic amines) is 1. The van der Waals surface area contributed by atoms with E-state index >= 15 is 0 Å². The maximum Gasteiger partial charge on any atom is 0.225 e. The van der Waals surface area contributed by atoms with Gasteiger partial charge in [0.1, 0.15) is 11.9 Å². The van der Waals surface area contributed by atoms with Gasteiger partial charge in [0.2, 0.25) is 5.91 Å². The van der Waals surface area contributed by atoms with E-state index < -0.39 is 0 Å². The van der Waals surface area contributed by atoms with Crippen molar-refractivity contribution in [3.05, 3.63) is 28.7 Å². The van der Waals surface area contributed by atoms with E-state index in [-0.39, 0.29) is 6.10 Å². The lowest BCUT2D eigenvalue weighted by Crippen LogP contribution is -2.38. The topological polar surface area (TPSA) is 29.5 Å². The van der Waals surface area contributed by atoms with E-state index in [0.717, 1.165) is 42.6 Å². The monoisotopic (exact) mass is 323 g/mol. The Balaban J connectivity index is 1.54. The Bertz CT molecular complexity index is 456. The van der Waals surface area contributed by atoms with E-state index in [2.05, 4.69) is 15.9 Å². The van der Waals surface area contributed by atoms with E-state index in [0.29, 0.717) is 11.8 Å². The lowest BCUT2D eigenvalue weighted by Gasteiger charge is -2.29. The average Bonchev–Trinajstić information content (AvgIpc) is 2.78. The first-order chi connectivity index (χ1) is 9.22. The van der Waals surface area contributed by atoms with Crippen LogP contribution in [0.4, 0.5) is 0 Å². The van der Waals surface area contributed by atoms with Gasteiger partial charge in [-0.25, -0.2) is 0 Å². The summed E-state index contributed by atoms with van der Waals surface area (Å²) in [6.07, 6.45) is 4.45. The van der Waals surface area contributed by atoms with Crippen LogP contribution in [0.2, 0.25) is 0 Å². The van der Waals surface area contributed by atoms with E-state index in [9.17, 15) is 4.79 Å². The fraction of sp³-hybridized carbons (Fsp3) is 0.533. The van der Waals surface area contributed by atoms with Crippen molar-refractivity contribution >= 4 is 21.8 Å². The van der Waals surface area contributed by atoms with Gasteiger partial charge in [-0.05, 0) is 37.1 Å². The largest absolute Gasteiger partial charge is 0.489 e. The van der Waals surface area contributed by atoms with Crippen molar-refractivity contribution in [3.8, 4) is 5.75 Å². The second kappa shape index (κ2) is 5.53. The molecule has 1 aliphatic carbocycles. The van der Waals surface area contributed by atoms with Crippen molar-refractivity contribution in [2.75, 3.05) is 13.1 Å². The Morgan fingerprint density at radius 3 is 2.58 bits per heavy atom. The second-order valence-electron chi connectivity index (χ2n) is 5.39. The molecule has 1 aromatic carbocycles. The van der Waals surface area contributed by atoms with Crippen molar-refractivity contribution in [2.24, 2.45) is 5.92 Å². The summed E-state index contributed by atoms with van der Waals surface area (Å²) >= 11 is 3.41. The summed E-state index contributed by atoms with van der Waals surface area (Å²) in [5, 5.41) is 0.